The first-order chi connectivity index (χ1) is 10.3. The maximum atomic E-state index is 6.06. The average Bonchev–Trinajstić information content (AvgIpc) is 2.54. The summed E-state index contributed by atoms with van der Waals surface area (Å²) < 4.78 is 6.06. The van der Waals surface area contributed by atoms with Crippen molar-refractivity contribution in [3.63, 3.8) is 0 Å². The van der Waals surface area contributed by atoms with Crippen LogP contribution in [-0.2, 0) is 17.6 Å². The lowest BCUT2D eigenvalue weighted by Gasteiger charge is -2.32. The van der Waals surface area contributed by atoms with Crippen molar-refractivity contribution in [3.05, 3.63) is 70.2 Å². The Hall–Kier alpha value is -1.35. The van der Waals surface area contributed by atoms with Gasteiger partial charge >= 0.3 is 0 Å². The van der Waals surface area contributed by atoms with Crippen molar-refractivity contribution in [2.24, 2.45) is 0 Å². The van der Waals surface area contributed by atoms with Crippen LogP contribution in [0.1, 0.15) is 22.8 Å². The summed E-state index contributed by atoms with van der Waals surface area (Å²) in [6.45, 7) is 0.792. The van der Waals surface area contributed by atoms with Gasteiger partial charge in [0.2, 0.25) is 0 Å². The molecule has 0 saturated carbocycles. The summed E-state index contributed by atoms with van der Waals surface area (Å²) in [5.74, 6) is 0. The van der Waals surface area contributed by atoms with Gasteiger partial charge in [-0.25, -0.2) is 0 Å². The lowest BCUT2D eigenvalue weighted by atomic mass is 9.90. The fourth-order valence-corrected chi connectivity index (χ4v) is 3.12. The average molecular weight is 302 g/mol. The summed E-state index contributed by atoms with van der Waals surface area (Å²) in [5.41, 5.74) is 3.99. The van der Waals surface area contributed by atoms with E-state index in [9.17, 15) is 0 Å². The Morgan fingerprint density at radius 1 is 1.19 bits per heavy atom. The molecule has 2 aromatic rings. The Morgan fingerprint density at radius 3 is 2.71 bits per heavy atom. The van der Waals surface area contributed by atoms with Crippen molar-refractivity contribution in [1.82, 2.24) is 5.32 Å². The van der Waals surface area contributed by atoms with Gasteiger partial charge in [0.1, 0.15) is 0 Å². The van der Waals surface area contributed by atoms with Gasteiger partial charge in [-0.05, 0) is 48.7 Å². The number of ether oxygens (including phenoxy) is 1. The van der Waals surface area contributed by atoms with E-state index in [1.165, 1.54) is 16.7 Å². The molecule has 1 N–H and O–H groups in total. The van der Waals surface area contributed by atoms with Crippen LogP contribution in [0, 0.1) is 0 Å². The normalized spacial score (nSPS) is 19.0. The second kappa shape index (κ2) is 6.61. The zero-order valence-corrected chi connectivity index (χ0v) is 12.9. The van der Waals surface area contributed by atoms with Crippen LogP contribution in [0.15, 0.2) is 48.5 Å². The number of nitrogens with one attached hydrogen (secondary N) is 1. The van der Waals surface area contributed by atoms with Crippen LogP contribution in [0.5, 0.6) is 0 Å². The molecule has 3 heteroatoms. The van der Waals surface area contributed by atoms with Gasteiger partial charge in [0.05, 0.1) is 12.7 Å². The van der Waals surface area contributed by atoms with E-state index in [0.717, 1.165) is 24.5 Å². The van der Waals surface area contributed by atoms with Crippen molar-refractivity contribution in [2.75, 3.05) is 13.7 Å². The molecule has 21 heavy (non-hydrogen) atoms. The molecule has 2 nitrogen and oxygen atoms in total. The Labute approximate surface area is 131 Å². The van der Waals surface area contributed by atoms with Gasteiger partial charge in [0.25, 0.3) is 0 Å². The van der Waals surface area contributed by atoms with E-state index in [4.69, 9.17) is 16.3 Å². The van der Waals surface area contributed by atoms with E-state index < -0.39 is 0 Å². The van der Waals surface area contributed by atoms with Crippen LogP contribution in [0.3, 0.4) is 0 Å². The highest BCUT2D eigenvalue weighted by Crippen LogP contribution is 2.31. The summed E-state index contributed by atoms with van der Waals surface area (Å²) in [6, 6.07) is 16.9. The predicted molar refractivity (Wildman–Crippen MR) is 86.8 cm³/mol. The Balaban J connectivity index is 1.82. The van der Waals surface area contributed by atoms with Crippen LogP contribution in [-0.4, -0.2) is 19.7 Å². The molecule has 0 spiro atoms. The number of hydrogen-bond donors (Lipinski definition) is 1. The van der Waals surface area contributed by atoms with E-state index in [1.807, 2.05) is 19.2 Å². The lowest BCUT2D eigenvalue weighted by Crippen LogP contribution is -2.38. The highest BCUT2D eigenvalue weighted by Gasteiger charge is 2.27. The van der Waals surface area contributed by atoms with E-state index in [0.29, 0.717) is 0 Å². The van der Waals surface area contributed by atoms with Crippen LogP contribution in [0.4, 0.5) is 0 Å². The molecule has 0 amide bonds. The minimum atomic E-state index is 0.107. The molecule has 0 aromatic heterocycles. The first kappa shape index (κ1) is 14.6. The molecule has 2 unspecified atom stereocenters. The molecule has 0 radical (unpaired) electrons. The minimum absolute atomic E-state index is 0.107. The fraction of sp³-hybridized carbons (Fsp3) is 0.333. The summed E-state index contributed by atoms with van der Waals surface area (Å²) >= 11 is 5.96. The zero-order chi connectivity index (χ0) is 14.7. The molecule has 2 aromatic carbocycles. The third kappa shape index (κ3) is 3.29. The van der Waals surface area contributed by atoms with Gasteiger partial charge in [-0.1, -0.05) is 48.0 Å². The van der Waals surface area contributed by atoms with E-state index in [1.54, 1.807) is 0 Å². The quantitative estimate of drug-likeness (QED) is 0.928. The highest BCUT2D eigenvalue weighted by molar-refractivity contribution is 6.30. The maximum absolute atomic E-state index is 6.06. The number of halogens is 1. The zero-order valence-electron chi connectivity index (χ0n) is 12.2. The number of likely N-dealkylation sites (N-methyl/N-ethyl adjacent to an activating group) is 1. The van der Waals surface area contributed by atoms with Crippen LogP contribution in [0.2, 0.25) is 5.02 Å². The second-order valence-corrected chi connectivity index (χ2v) is 5.90. The molecule has 110 valence electrons. The summed E-state index contributed by atoms with van der Waals surface area (Å²) in [5, 5.41) is 4.19. The lowest BCUT2D eigenvalue weighted by molar-refractivity contribution is 0.0172. The number of benzene rings is 2. The molecule has 0 saturated heterocycles. The van der Waals surface area contributed by atoms with E-state index in [-0.39, 0.29) is 12.1 Å². The maximum Gasteiger partial charge on any atom is 0.0983 e. The minimum Gasteiger partial charge on any atom is -0.372 e. The largest absolute Gasteiger partial charge is 0.372 e. The topological polar surface area (TPSA) is 21.3 Å². The predicted octanol–water partition coefficient (Wildman–Crippen LogP) is 3.78. The van der Waals surface area contributed by atoms with Crippen molar-refractivity contribution in [3.8, 4) is 0 Å². The van der Waals surface area contributed by atoms with Crippen LogP contribution < -0.4 is 5.32 Å². The Kier molecular flexibility index (Phi) is 4.59. The van der Waals surface area contributed by atoms with E-state index in [2.05, 4.69) is 41.7 Å². The highest BCUT2D eigenvalue weighted by atomic mass is 35.5. The standard InChI is InChI=1S/C18H20ClNO/c1-20-17(12-13-6-8-15(19)9-7-13)18-16-5-3-2-4-14(16)10-11-21-18/h2-9,17-18,20H,10-12H2,1H3. The van der Waals surface area contributed by atoms with Gasteiger partial charge < -0.3 is 10.1 Å². The molecular weight excluding hydrogens is 282 g/mol. The first-order valence-electron chi connectivity index (χ1n) is 7.39. The number of fused-ring (bicyclic) bond motifs is 1. The first-order valence-corrected chi connectivity index (χ1v) is 7.77. The molecule has 1 aliphatic heterocycles. The second-order valence-electron chi connectivity index (χ2n) is 5.47. The monoisotopic (exact) mass is 301 g/mol. The van der Waals surface area contributed by atoms with Crippen LogP contribution >= 0.6 is 11.6 Å². The molecule has 0 fully saturated rings. The van der Waals surface area contributed by atoms with E-state index >= 15 is 0 Å². The summed E-state index contributed by atoms with van der Waals surface area (Å²) in [6.07, 6.45) is 2.03. The van der Waals surface area contributed by atoms with Gasteiger partial charge in [-0.3, -0.25) is 0 Å². The molecule has 0 bridgehead atoms. The molecule has 1 aliphatic rings. The fourth-order valence-electron chi connectivity index (χ4n) is 2.99. The third-order valence-electron chi connectivity index (χ3n) is 4.14. The van der Waals surface area contributed by atoms with Crippen molar-refractivity contribution in [2.45, 2.75) is 25.0 Å². The SMILES string of the molecule is CNC(Cc1ccc(Cl)cc1)C1OCCc2ccccc21. The number of hydrogen-bond acceptors (Lipinski definition) is 2. The van der Waals surface area contributed by atoms with Gasteiger partial charge in [-0.2, -0.15) is 0 Å². The Bertz CT molecular complexity index is 596. The van der Waals surface area contributed by atoms with Gasteiger partial charge in [0.15, 0.2) is 0 Å². The smallest absolute Gasteiger partial charge is 0.0983 e. The summed E-state index contributed by atoms with van der Waals surface area (Å²) in [7, 11) is 2.00. The molecule has 3 rings (SSSR count). The molecule has 0 aliphatic carbocycles. The number of rotatable bonds is 4. The summed E-state index contributed by atoms with van der Waals surface area (Å²) in [4.78, 5) is 0. The molecule has 1 heterocycles. The van der Waals surface area contributed by atoms with Crippen molar-refractivity contribution >= 4 is 11.6 Å². The Morgan fingerprint density at radius 2 is 1.95 bits per heavy atom. The molecule has 2 atom stereocenters. The van der Waals surface area contributed by atoms with Crippen molar-refractivity contribution < 1.29 is 4.74 Å². The van der Waals surface area contributed by atoms with Gasteiger partial charge in [-0.15, -0.1) is 0 Å². The third-order valence-corrected chi connectivity index (χ3v) is 4.39. The molecular formula is C18H20ClNO. The van der Waals surface area contributed by atoms with Crippen molar-refractivity contribution in [1.29, 1.82) is 0 Å². The van der Waals surface area contributed by atoms with Crippen LogP contribution in [0.25, 0.3) is 0 Å². The van der Waals surface area contributed by atoms with Gasteiger partial charge in [0, 0.05) is 11.1 Å².